The summed E-state index contributed by atoms with van der Waals surface area (Å²) in [7, 11) is 0. The van der Waals surface area contributed by atoms with Gasteiger partial charge in [0, 0.05) is 52.1 Å². The normalized spacial score (nSPS) is 19.2. The Hall–Kier alpha value is -6.53. The highest BCUT2D eigenvalue weighted by molar-refractivity contribution is 6.31. The smallest absolute Gasteiger partial charge is 0.262 e. The molecule has 10 rings (SSSR count). The number of fused-ring (bicyclic) bond motifs is 6. The summed E-state index contributed by atoms with van der Waals surface area (Å²) in [4.78, 5) is 69.5. The van der Waals surface area contributed by atoms with Crippen molar-refractivity contribution in [1.82, 2.24) is 39.7 Å². The topological polar surface area (TPSA) is 160 Å². The summed E-state index contributed by atoms with van der Waals surface area (Å²) >= 11 is 6.16. The zero-order valence-electron chi connectivity index (χ0n) is 33.7. The lowest BCUT2D eigenvalue weighted by molar-refractivity contribution is -0.128. The summed E-state index contributed by atoms with van der Waals surface area (Å²) in [6.45, 7) is 8.18. The number of aromatic amines is 2. The standard InChI is InChI=1S/C24H23ClN4O2.C23H22N4O2/c1-3-13(2)21-22-27-19-9-8-15(25)11-17(19)24(31)29(22)20(23(30)28-21)10-14-12-26-18-7-5-4-6-16(14)18;1-13(2)20-21-25-18-10-6-4-8-16(18)23(29)27(21)19(22(28)26-20)11-14-12-24-17-9-5-3-7-15(14)17/h4-9,11-13,20-21,26H,3,10H2,1-2H3,(H,28,30);3-10,12-13,19-20,24H,11H2,1-2H3,(H,26,28)/t13?,20-,21+;19-,20+/m10/s1. The lowest BCUT2D eigenvalue weighted by atomic mass is 9.93. The van der Waals surface area contributed by atoms with Crippen LogP contribution in [0.3, 0.4) is 0 Å². The van der Waals surface area contributed by atoms with E-state index in [1.165, 1.54) is 0 Å². The SMILES string of the molecule is CC(C)[C@H]1NC(=O)[C@H](Cc2c[nH]c3ccccc23)n2c1nc1ccccc1c2=O.CCC(C)[C@@H]1NC(=O)[C@@H](Cc2c[nH]c3ccccc23)n2c1nc1ccc(Cl)cc1c2=O. The number of aromatic nitrogens is 6. The summed E-state index contributed by atoms with van der Waals surface area (Å²) in [6, 6.07) is 26.5. The van der Waals surface area contributed by atoms with E-state index >= 15 is 0 Å². The van der Waals surface area contributed by atoms with E-state index in [0.717, 1.165) is 39.4 Å². The first-order chi connectivity index (χ1) is 29.0. The molecule has 0 saturated heterocycles. The van der Waals surface area contributed by atoms with Crippen LogP contribution in [0.5, 0.6) is 0 Å². The van der Waals surface area contributed by atoms with Gasteiger partial charge in [-0.25, -0.2) is 9.97 Å². The zero-order valence-corrected chi connectivity index (χ0v) is 34.5. The molecule has 5 atom stereocenters. The molecule has 4 aromatic carbocycles. The maximum Gasteiger partial charge on any atom is 0.262 e. The molecule has 2 amide bonds. The summed E-state index contributed by atoms with van der Waals surface area (Å²) < 4.78 is 3.21. The van der Waals surface area contributed by atoms with Crippen LogP contribution < -0.4 is 21.8 Å². The maximum atomic E-state index is 13.6. The fourth-order valence-electron chi connectivity index (χ4n) is 8.74. The van der Waals surface area contributed by atoms with Crippen molar-refractivity contribution in [3.05, 3.63) is 152 Å². The Morgan fingerprint density at radius 3 is 1.67 bits per heavy atom. The van der Waals surface area contributed by atoms with E-state index < -0.39 is 12.1 Å². The average molecular weight is 821 g/mol. The van der Waals surface area contributed by atoms with Crippen molar-refractivity contribution in [3.8, 4) is 0 Å². The molecule has 0 bridgehead atoms. The molecule has 304 valence electrons. The van der Waals surface area contributed by atoms with Gasteiger partial charge in [0.05, 0.1) is 33.9 Å². The van der Waals surface area contributed by atoms with Crippen molar-refractivity contribution in [2.24, 2.45) is 11.8 Å². The van der Waals surface area contributed by atoms with Crippen LogP contribution in [0.1, 0.15) is 81.1 Å². The number of H-pyrrole nitrogens is 2. The Bertz CT molecular complexity index is 3090. The first kappa shape index (κ1) is 39.0. The molecule has 0 fully saturated rings. The molecule has 1 unspecified atom stereocenters. The van der Waals surface area contributed by atoms with Crippen LogP contribution in [-0.2, 0) is 22.4 Å². The maximum absolute atomic E-state index is 13.6. The van der Waals surface area contributed by atoms with Gasteiger partial charge in [-0.2, -0.15) is 0 Å². The Labute approximate surface area is 350 Å². The van der Waals surface area contributed by atoms with Crippen LogP contribution in [0, 0.1) is 11.8 Å². The van der Waals surface area contributed by atoms with Gasteiger partial charge in [-0.05, 0) is 65.4 Å². The average Bonchev–Trinajstić information content (AvgIpc) is 3.86. The van der Waals surface area contributed by atoms with E-state index in [4.69, 9.17) is 21.6 Å². The number of nitrogens with one attached hydrogen (secondary N) is 4. The number of carbonyl (C=O) groups is 2. The summed E-state index contributed by atoms with van der Waals surface area (Å²) in [5.74, 6) is 1.20. The zero-order chi connectivity index (χ0) is 41.8. The molecule has 0 aliphatic carbocycles. The summed E-state index contributed by atoms with van der Waals surface area (Å²) in [5, 5.41) is 9.79. The van der Waals surface area contributed by atoms with Gasteiger partial charge < -0.3 is 20.6 Å². The number of nitrogens with zero attached hydrogens (tertiary/aromatic N) is 4. The van der Waals surface area contributed by atoms with E-state index in [1.54, 1.807) is 33.4 Å². The van der Waals surface area contributed by atoms with Gasteiger partial charge in [-0.3, -0.25) is 28.3 Å². The number of halogens is 1. The minimum Gasteiger partial charge on any atom is -0.361 e. The molecular formula is C47H45ClN8O4. The number of hydrogen-bond donors (Lipinski definition) is 4. The third-order valence-electron chi connectivity index (χ3n) is 12.2. The fourth-order valence-corrected chi connectivity index (χ4v) is 8.91. The number of amides is 2. The van der Waals surface area contributed by atoms with Gasteiger partial charge in [-0.15, -0.1) is 0 Å². The molecule has 2 aliphatic rings. The molecule has 6 heterocycles. The second-order valence-electron chi connectivity index (χ2n) is 16.2. The first-order valence-corrected chi connectivity index (χ1v) is 20.8. The predicted molar refractivity (Wildman–Crippen MR) is 235 cm³/mol. The highest BCUT2D eigenvalue weighted by Crippen LogP contribution is 2.34. The third-order valence-corrected chi connectivity index (χ3v) is 12.4. The predicted octanol–water partition coefficient (Wildman–Crippen LogP) is 8.02. The third kappa shape index (κ3) is 6.74. The van der Waals surface area contributed by atoms with Gasteiger partial charge in [-0.1, -0.05) is 94.2 Å². The number of benzene rings is 4. The van der Waals surface area contributed by atoms with Crippen LogP contribution in [0.4, 0.5) is 0 Å². The molecular weight excluding hydrogens is 776 g/mol. The number of rotatable bonds is 7. The summed E-state index contributed by atoms with van der Waals surface area (Å²) in [6.07, 6.45) is 5.50. The largest absolute Gasteiger partial charge is 0.361 e. The van der Waals surface area contributed by atoms with Crippen LogP contribution in [0.15, 0.2) is 113 Å². The first-order valence-electron chi connectivity index (χ1n) is 20.5. The molecule has 2 aliphatic heterocycles. The van der Waals surface area contributed by atoms with Crippen molar-refractivity contribution in [3.63, 3.8) is 0 Å². The molecule has 0 saturated carbocycles. The Morgan fingerprint density at radius 1 is 0.617 bits per heavy atom. The molecule has 13 heteroatoms. The lowest BCUT2D eigenvalue weighted by Gasteiger charge is -2.35. The molecule has 4 N–H and O–H groups in total. The number of carbonyl (C=O) groups excluding carboxylic acids is 2. The van der Waals surface area contributed by atoms with Crippen molar-refractivity contribution in [2.45, 2.75) is 71.1 Å². The molecule has 0 spiro atoms. The van der Waals surface area contributed by atoms with Crippen molar-refractivity contribution in [2.75, 3.05) is 0 Å². The molecule has 60 heavy (non-hydrogen) atoms. The quantitative estimate of drug-likeness (QED) is 0.128. The lowest BCUT2D eigenvalue weighted by Crippen LogP contribution is -2.50. The monoisotopic (exact) mass is 820 g/mol. The number of hydrogen-bond acceptors (Lipinski definition) is 6. The van der Waals surface area contributed by atoms with Gasteiger partial charge in [0.2, 0.25) is 11.8 Å². The van der Waals surface area contributed by atoms with Crippen LogP contribution in [0.25, 0.3) is 43.6 Å². The van der Waals surface area contributed by atoms with E-state index in [0.29, 0.717) is 51.3 Å². The van der Waals surface area contributed by atoms with Gasteiger partial charge in [0.25, 0.3) is 11.1 Å². The summed E-state index contributed by atoms with van der Waals surface area (Å²) in [5.41, 5.74) is 4.89. The van der Waals surface area contributed by atoms with Gasteiger partial charge >= 0.3 is 0 Å². The highest BCUT2D eigenvalue weighted by Gasteiger charge is 2.39. The van der Waals surface area contributed by atoms with Crippen molar-refractivity contribution >= 4 is 67.0 Å². The molecule has 4 aromatic heterocycles. The van der Waals surface area contributed by atoms with Crippen LogP contribution >= 0.6 is 11.6 Å². The van der Waals surface area contributed by atoms with E-state index in [2.05, 4.69) is 34.4 Å². The van der Waals surface area contributed by atoms with Gasteiger partial charge in [0.1, 0.15) is 23.7 Å². The Balaban J connectivity index is 0.000000154. The second kappa shape index (κ2) is 15.6. The Morgan fingerprint density at radius 2 is 1.10 bits per heavy atom. The van der Waals surface area contributed by atoms with Crippen molar-refractivity contribution in [1.29, 1.82) is 0 Å². The van der Waals surface area contributed by atoms with Crippen molar-refractivity contribution < 1.29 is 9.59 Å². The Kier molecular flexibility index (Phi) is 10.1. The van der Waals surface area contributed by atoms with Gasteiger partial charge in [0.15, 0.2) is 0 Å². The molecule has 8 aromatic rings. The minimum atomic E-state index is -0.683. The fraction of sp³-hybridized carbons (Fsp3) is 0.277. The van der Waals surface area contributed by atoms with Crippen LogP contribution in [0.2, 0.25) is 5.02 Å². The van der Waals surface area contributed by atoms with Crippen LogP contribution in [-0.4, -0.2) is 40.9 Å². The van der Waals surface area contributed by atoms with E-state index in [9.17, 15) is 19.2 Å². The van der Waals surface area contributed by atoms with E-state index in [1.807, 2.05) is 93.0 Å². The van der Waals surface area contributed by atoms with E-state index in [-0.39, 0.29) is 46.9 Å². The second-order valence-corrected chi connectivity index (χ2v) is 16.7. The number of para-hydroxylation sites is 3. The molecule has 12 nitrogen and oxygen atoms in total. The minimum absolute atomic E-state index is 0.118. The molecule has 0 radical (unpaired) electrons. The highest BCUT2D eigenvalue weighted by atomic mass is 35.5.